The van der Waals surface area contributed by atoms with E-state index in [0.717, 1.165) is 30.5 Å². The molecule has 3 heteroatoms. The fourth-order valence-corrected chi connectivity index (χ4v) is 3.14. The maximum absolute atomic E-state index is 5.85. The van der Waals surface area contributed by atoms with Gasteiger partial charge in [-0.2, -0.15) is 0 Å². The Morgan fingerprint density at radius 1 is 1.28 bits per heavy atom. The van der Waals surface area contributed by atoms with Crippen LogP contribution in [-0.4, -0.2) is 18.1 Å². The van der Waals surface area contributed by atoms with Crippen molar-refractivity contribution in [1.82, 2.24) is 0 Å². The first-order valence-corrected chi connectivity index (χ1v) is 7.03. The second-order valence-corrected chi connectivity index (χ2v) is 6.18. The van der Waals surface area contributed by atoms with Gasteiger partial charge in [0.05, 0.1) is 0 Å². The van der Waals surface area contributed by atoms with Crippen LogP contribution in [0.15, 0.2) is 18.2 Å². The molecule has 0 saturated carbocycles. The zero-order chi connectivity index (χ0) is 13.3. The van der Waals surface area contributed by atoms with Crippen LogP contribution in [0.25, 0.3) is 0 Å². The van der Waals surface area contributed by atoms with Crippen LogP contribution in [0.1, 0.15) is 31.4 Å². The van der Waals surface area contributed by atoms with Crippen molar-refractivity contribution in [3.8, 4) is 0 Å². The first-order chi connectivity index (χ1) is 8.47. The highest BCUT2D eigenvalue weighted by Crippen LogP contribution is 2.29. The molecular formula is C15H22N2S. The highest BCUT2D eigenvalue weighted by molar-refractivity contribution is 7.80. The molecule has 1 heterocycles. The Morgan fingerprint density at radius 2 is 1.89 bits per heavy atom. The number of hydrogen-bond acceptors (Lipinski definition) is 2. The lowest BCUT2D eigenvalue weighted by Gasteiger charge is -2.37. The van der Waals surface area contributed by atoms with Crippen molar-refractivity contribution in [3.63, 3.8) is 0 Å². The van der Waals surface area contributed by atoms with Crippen molar-refractivity contribution in [2.24, 2.45) is 17.6 Å². The highest BCUT2D eigenvalue weighted by Gasteiger charge is 2.23. The van der Waals surface area contributed by atoms with Crippen LogP contribution in [0.3, 0.4) is 0 Å². The predicted octanol–water partition coefficient (Wildman–Crippen LogP) is 3.11. The zero-order valence-corrected chi connectivity index (χ0v) is 12.3. The standard InChI is InChI=1S/C15H22N2S/c1-10-4-5-13(15(16)18)14(7-10)17-8-11(2)6-12(3)9-17/h4-5,7,11-12H,6,8-9H2,1-3H3,(H2,16,18). The minimum atomic E-state index is 0.496. The molecule has 1 fully saturated rings. The molecule has 0 aromatic heterocycles. The van der Waals surface area contributed by atoms with Crippen molar-refractivity contribution in [2.45, 2.75) is 27.2 Å². The van der Waals surface area contributed by atoms with Gasteiger partial charge in [0.15, 0.2) is 0 Å². The number of piperidine rings is 1. The zero-order valence-electron chi connectivity index (χ0n) is 11.4. The molecule has 0 amide bonds. The van der Waals surface area contributed by atoms with Gasteiger partial charge in [0.2, 0.25) is 0 Å². The van der Waals surface area contributed by atoms with Gasteiger partial charge in [-0.1, -0.05) is 32.1 Å². The molecule has 1 aromatic carbocycles. The summed E-state index contributed by atoms with van der Waals surface area (Å²) in [5.74, 6) is 1.46. The van der Waals surface area contributed by atoms with Gasteiger partial charge in [-0.3, -0.25) is 0 Å². The second-order valence-electron chi connectivity index (χ2n) is 5.74. The van der Waals surface area contributed by atoms with Gasteiger partial charge in [-0.05, 0) is 42.9 Å². The summed E-state index contributed by atoms with van der Waals surface area (Å²) in [4.78, 5) is 2.94. The molecule has 0 radical (unpaired) electrons. The normalized spacial score (nSPS) is 24.1. The first-order valence-electron chi connectivity index (χ1n) is 6.62. The number of nitrogens with two attached hydrogens (primary N) is 1. The first kappa shape index (κ1) is 13.3. The topological polar surface area (TPSA) is 29.3 Å². The summed E-state index contributed by atoms with van der Waals surface area (Å²) in [7, 11) is 0. The van der Waals surface area contributed by atoms with Crippen molar-refractivity contribution in [1.29, 1.82) is 0 Å². The Balaban J connectivity index is 2.36. The molecule has 2 unspecified atom stereocenters. The molecule has 98 valence electrons. The van der Waals surface area contributed by atoms with E-state index in [-0.39, 0.29) is 0 Å². The van der Waals surface area contributed by atoms with Gasteiger partial charge in [-0.15, -0.1) is 0 Å². The van der Waals surface area contributed by atoms with E-state index in [2.05, 4.69) is 43.9 Å². The van der Waals surface area contributed by atoms with E-state index < -0.39 is 0 Å². The van der Waals surface area contributed by atoms with Crippen LogP contribution >= 0.6 is 12.2 Å². The molecular weight excluding hydrogens is 240 g/mol. The lowest BCUT2D eigenvalue weighted by atomic mass is 9.91. The molecule has 0 aliphatic carbocycles. The van der Waals surface area contributed by atoms with Crippen molar-refractivity contribution >= 4 is 22.9 Å². The van der Waals surface area contributed by atoms with Crippen LogP contribution in [0.5, 0.6) is 0 Å². The van der Waals surface area contributed by atoms with E-state index in [1.54, 1.807) is 0 Å². The molecule has 2 atom stereocenters. The van der Waals surface area contributed by atoms with Crippen molar-refractivity contribution < 1.29 is 0 Å². The predicted molar refractivity (Wildman–Crippen MR) is 82.2 cm³/mol. The molecule has 18 heavy (non-hydrogen) atoms. The Hall–Kier alpha value is -1.09. The minimum absolute atomic E-state index is 0.496. The molecule has 0 spiro atoms. The lowest BCUT2D eigenvalue weighted by molar-refractivity contribution is 0.357. The smallest absolute Gasteiger partial charge is 0.106 e. The molecule has 0 bridgehead atoms. The van der Waals surface area contributed by atoms with E-state index >= 15 is 0 Å². The Labute approximate surface area is 115 Å². The van der Waals surface area contributed by atoms with Gasteiger partial charge >= 0.3 is 0 Å². The summed E-state index contributed by atoms with van der Waals surface area (Å²) in [5.41, 5.74) is 9.33. The third kappa shape index (κ3) is 2.83. The largest absolute Gasteiger partial charge is 0.389 e. The van der Waals surface area contributed by atoms with E-state index in [4.69, 9.17) is 18.0 Å². The van der Waals surface area contributed by atoms with Gasteiger partial charge in [0.1, 0.15) is 4.99 Å². The quantitative estimate of drug-likeness (QED) is 0.830. The molecule has 1 aromatic rings. The van der Waals surface area contributed by atoms with E-state index in [0.29, 0.717) is 4.99 Å². The molecule has 2 rings (SSSR count). The van der Waals surface area contributed by atoms with Gasteiger partial charge in [0, 0.05) is 24.3 Å². The molecule has 2 nitrogen and oxygen atoms in total. The van der Waals surface area contributed by atoms with Crippen LogP contribution in [0, 0.1) is 18.8 Å². The summed E-state index contributed by atoms with van der Waals surface area (Å²) >= 11 is 5.17. The molecule has 1 aliphatic heterocycles. The Bertz CT molecular complexity index is 446. The lowest BCUT2D eigenvalue weighted by Crippen LogP contribution is -2.39. The number of nitrogens with zero attached hydrogens (tertiary/aromatic N) is 1. The van der Waals surface area contributed by atoms with Crippen molar-refractivity contribution in [3.05, 3.63) is 29.3 Å². The maximum Gasteiger partial charge on any atom is 0.106 e. The van der Waals surface area contributed by atoms with E-state index in [9.17, 15) is 0 Å². The average molecular weight is 262 g/mol. The maximum atomic E-state index is 5.85. The SMILES string of the molecule is Cc1ccc(C(N)=S)c(N2CC(C)CC(C)C2)c1. The third-order valence-corrected chi connectivity index (χ3v) is 3.85. The van der Waals surface area contributed by atoms with Crippen LogP contribution in [-0.2, 0) is 0 Å². The Morgan fingerprint density at radius 3 is 2.44 bits per heavy atom. The van der Waals surface area contributed by atoms with E-state index in [1.807, 2.05) is 0 Å². The number of hydrogen-bond donors (Lipinski definition) is 1. The summed E-state index contributed by atoms with van der Waals surface area (Å²) < 4.78 is 0. The third-order valence-electron chi connectivity index (χ3n) is 3.63. The monoisotopic (exact) mass is 262 g/mol. The number of benzene rings is 1. The fraction of sp³-hybridized carbons (Fsp3) is 0.533. The molecule has 1 saturated heterocycles. The minimum Gasteiger partial charge on any atom is -0.389 e. The van der Waals surface area contributed by atoms with Crippen LogP contribution in [0.4, 0.5) is 5.69 Å². The Kier molecular flexibility index (Phi) is 3.91. The summed E-state index contributed by atoms with van der Waals surface area (Å²) in [6.07, 6.45) is 1.31. The number of aryl methyl sites for hydroxylation is 1. The second kappa shape index (κ2) is 5.27. The fourth-order valence-electron chi connectivity index (χ4n) is 2.97. The average Bonchev–Trinajstić information content (AvgIpc) is 2.27. The highest BCUT2D eigenvalue weighted by atomic mass is 32.1. The summed E-state index contributed by atoms with van der Waals surface area (Å²) in [6, 6.07) is 6.34. The van der Waals surface area contributed by atoms with E-state index in [1.165, 1.54) is 17.7 Å². The number of thiocarbonyl (C=S) groups is 1. The van der Waals surface area contributed by atoms with Crippen LogP contribution in [0.2, 0.25) is 0 Å². The summed E-state index contributed by atoms with van der Waals surface area (Å²) in [6.45, 7) is 8.95. The number of anilines is 1. The molecule has 2 N–H and O–H groups in total. The van der Waals surface area contributed by atoms with Gasteiger partial charge in [-0.25, -0.2) is 0 Å². The number of rotatable bonds is 2. The van der Waals surface area contributed by atoms with Gasteiger partial charge in [0.25, 0.3) is 0 Å². The molecule has 1 aliphatic rings. The van der Waals surface area contributed by atoms with Crippen molar-refractivity contribution in [2.75, 3.05) is 18.0 Å². The summed E-state index contributed by atoms with van der Waals surface area (Å²) in [5, 5.41) is 0. The van der Waals surface area contributed by atoms with Crippen LogP contribution < -0.4 is 10.6 Å². The van der Waals surface area contributed by atoms with Gasteiger partial charge < -0.3 is 10.6 Å².